The maximum Gasteiger partial charge on any atom is 0.242 e. The van der Waals surface area contributed by atoms with E-state index in [9.17, 15) is 0 Å². The minimum Gasteiger partial charge on any atom is -0.476 e. The van der Waals surface area contributed by atoms with Gasteiger partial charge in [0.15, 0.2) is 5.82 Å². The van der Waals surface area contributed by atoms with Crippen molar-refractivity contribution in [1.82, 2.24) is 9.97 Å². The summed E-state index contributed by atoms with van der Waals surface area (Å²) in [6.45, 7) is 7.07. The van der Waals surface area contributed by atoms with Crippen molar-refractivity contribution in [3.8, 4) is 5.88 Å². The molecule has 5 heteroatoms. The third-order valence-electron chi connectivity index (χ3n) is 3.88. The second-order valence-electron chi connectivity index (χ2n) is 5.52. The van der Waals surface area contributed by atoms with Crippen LogP contribution in [0, 0.1) is 11.8 Å². The quantitative estimate of drug-likeness (QED) is 0.874. The fourth-order valence-corrected chi connectivity index (χ4v) is 2.80. The molecule has 1 saturated carbocycles. The summed E-state index contributed by atoms with van der Waals surface area (Å²) < 4.78 is 5.39. The van der Waals surface area contributed by atoms with Crippen LogP contribution in [0.3, 0.4) is 0 Å². The molecule has 1 aromatic heterocycles. The standard InChI is InChI=1S/C14H24N4O/c1-4-19-14-12(15)13(16-8-17-14)18-11-6-5-9(2)7-10(11)3/h8-11H,4-7,15H2,1-3H3,(H,16,17,18). The van der Waals surface area contributed by atoms with Crippen molar-refractivity contribution in [1.29, 1.82) is 0 Å². The van der Waals surface area contributed by atoms with Crippen molar-refractivity contribution >= 4 is 11.5 Å². The van der Waals surface area contributed by atoms with Gasteiger partial charge in [-0.1, -0.05) is 13.8 Å². The third kappa shape index (κ3) is 3.28. The number of nitrogen functional groups attached to an aromatic ring is 1. The van der Waals surface area contributed by atoms with E-state index in [1.165, 1.54) is 19.2 Å². The van der Waals surface area contributed by atoms with E-state index in [0.717, 1.165) is 12.3 Å². The van der Waals surface area contributed by atoms with Crippen LogP contribution in [0.2, 0.25) is 0 Å². The lowest BCUT2D eigenvalue weighted by atomic mass is 9.80. The van der Waals surface area contributed by atoms with E-state index in [4.69, 9.17) is 10.5 Å². The summed E-state index contributed by atoms with van der Waals surface area (Å²) in [5.74, 6) is 2.62. The maximum atomic E-state index is 6.05. The molecule has 0 amide bonds. The number of aromatic nitrogens is 2. The van der Waals surface area contributed by atoms with Crippen molar-refractivity contribution in [2.24, 2.45) is 11.8 Å². The van der Waals surface area contributed by atoms with Crippen molar-refractivity contribution in [3.63, 3.8) is 0 Å². The number of anilines is 2. The van der Waals surface area contributed by atoms with Gasteiger partial charge in [-0.2, -0.15) is 4.98 Å². The van der Waals surface area contributed by atoms with Crippen LogP contribution in [0.1, 0.15) is 40.0 Å². The zero-order valence-electron chi connectivity index (χ0n) is 12.0. The fraction of sp³-hybridized carbons (Fsp3) is 0.714. The molecule has 0 aromatic carbocycles. The number of hydrogen-bond acceptors (Lipinski definition) is 5. The topological polar surface area (TPSA) is 73.1 Å². The molecular formula is C14H24N4O. The van der Waals surface area contributed by atoms with E-state index < -0.39 is 0 Å². The zero-order valence-corrected chi connectivity index (χ0v) is 12.0. The maximum absolute atomic E-state index is 6.05. The van der Waals surface area contributed by atoms with Crippen LogP contribution in [0.15, 0.2) is 6.33 Å². The van der Waals surface area contributed by atoms with Gasteiger partial charge in [-0.25, -0.2) is 4.98 Å². The van der Waals surface area contributed by atoms with Crippen LogP contribution in [0.5, 0.6) is 5.88 Å². The van der Waals surface area contributed by atoms with Gasteiger partial charge in [0.25, 0.3) is 0 Å². The predicted octanol–water partition coefficient (Wildman–Crippen LogP) is 2.69. The molecule has 1 aromatic rings. The highest BCUT2D eigenvalue weighted by atomic mass is 16.5. The number of hydrogen-bond donors (Lipinski definition) is 2. The SMILES string of the molecule is CCOc1ncnc(NC2CCC(C)CC2C)c1N. The first-order valence-electron chi connectivity index (χ1n) is 7.11. The number of nitrogens with one attached hydrogen (secondary N) is 1. The molecule has 106 valence electrons. The summed E-state index contributed by atoms with van der Waals surface area (Å²) in [5, 5.41) is 3.46. The minimum absolute atomic E-state index is 0.433. The summed E-state index contributed by atoms with van der Waals surface area (Å²) in [5.41, 5.74) is 6.56. The Morgan fingerprint density at radius 1 is 1.37 bits per heavy atom. The lowest BCUT2D eigenvalue weighted by molar-refractivity contribution is 0.276. The molecule has 3 N–H and O–H groups in total. The molecule has 0 saturated heterocycles. The zero-order chi connectivity index (χ0) is 13.8. The first-order chi connectivity index (χ1) is 9.11. The second kappa shape index (κ2) is 6.08. The van der Waals surface area contributed by atoms with Crippen molar-refractivity contribution in [3.05, 3.63) is 6.33 Å². The van der Waals surface area contributed by atoms with E-state index in [1.54, 1.807) is 0 Å². The summed E-state index contributed by atoms with van der Waals surface area (Å²) in [7, 11) is 0. The number of nitrogens with two attached hydrogens (primary N) is 1. The Balaban J connectivity index is 2.08. The molecule has 0 aliphatic heterocycles. The molecule has 1 aliphatic carbocycles. The van der Waals surface area contributed by atoms with Gasteiger partial charge in [0.2, 0.25) is 5.88 Å². The Bertz CT molecular complexity index is 424. The second-order valence-corrected chi connectivity index (χ2v) is 5.52. The average molecular weight is 264 g/mol. The molecule has 19 heavy (non-hydrogen) atoms. The van der Waals surface area contributed by atoms with Gasteiger partial charge < -0.3 is 15.8 Å². The molecule has 5 nitrogen and oxygen atoms in total. The van der Waals surface area contributed by atoms with E-state index in [2.05, 4.69) is 29.1 Å². The fourth-order valence-electron chi connectivity index (χ4n) is 2.80. The van der Waals surface area contributed by atoms with Gasteiger partial charge in [0, 0.05) is 6.04 Å². The van der Waals surface area contributed by atoms with Crippen LogP contribution < -0.4 is 15.8 Å². The molecule has 3 atom stereocenters. The first-order valence-corrected chi connectivity index (χ1v) is 7.11. The summed E-state index contributed by atoms with van der Waals surface area (Å²) in [6, 6.07) is 0.433. The molecule has 0 bridgehead atoms. The van der Waals surface area contributed by atoms with Crippen LogP contribution in [0.4, 0.5) is 11.5 Å². The number of rotatable bonds is 4. The molecule has 0 radical (unpaired) electrons. The lowest BCUT2D eigenvalue weighted by Gasteiger charge is -2.33. The molecule has 1 fully saturated rings. The van der Waals surface area contributed by atoms with E-state index in [1.807, 2.05) is 6.92 Å². The molecule has 0 spiro atoms. The molecule has 1 aliphatic rings. The first kappa shape index (κ1) is 13.9. The molecule has 1 heterocycles. The third-order valence-corrected chi connectivity index (χ3v) is 3.88. The van der Waals surface area contributed by atoms with Gasteiger partial charge in [0.1, 0.15) is 12.0 Å². The number of nitrogens with zero attached hydrogens (tertiary/aromatic N) is 2. The summed E-state index contributed by atoms with van der Waals surface area (Å²) >= 11 is 0. The van der Waals surface area contributed by atoms with Gasteiger partial charge in [-0.3, -0.25) is 0 Å². The predicted molar refractivity (Wildman–Crippen MR) is 77.2 cm³/mol. The van der Waals surface area contributed by atoms with Crippen LogP contribution in [0.25, 0.3) is 0 Å². The Morgan fingerprint density at radius 2 is 2.16 bits per heavy atom. The Kier molecular flexibility index (Phi) is 4.45. The number of ether oxygens (including phenoxy) is 1. The monoisotopic (exact) mass is 264 g/mol. The van der Waals surface area contributed by atoms with E-state index in [-0.39, 0.29) is 0 Å². The van der Waals surface area contributed by atoms with Crippen LogP contribution in [-0.4, -0.2) is 22.6 Å². The summed E-state index contributed by atoms with van der Waals surface area (Å²) in [6.07, 6.45) is 5.17. The molecular weight excluding hydrogens is 240 g/mol. The lowest BCUT2D eigenvalue weighted by Crippen LogP contribution is -2.33. The van der Waals surface area contributed by atoms with Gasteiger partial charge in [-0.15, -0.1) is 0 Å². The Morgan fingerprint density at radius 3 is 2.84 bits per heavy atom. The van der Waals surface area contributed by atoms with Crippen molar-refractivity contribution < 1.29 is 4.74 Å². The van der Waals surface area contributed by atoms with E-state index in [0.29, 0.717) is 36.0 Å². The average Bonchev–Trinajstić information content (AvgIpc) is 2.37. The van der Waals surface area contributed by atoms with Crippen molar-refractivity contribution in [2.45, 2.75) is 46.1 Å². The van der Waals surface area contributed by atoms with Crippen LogP contribution in [-0.2, 0) is 0 Å². The van der Waals surface area contributed by atoms with Gasteiger partial charge >= 0.3 is 0 Å². The van der Waals surface area contributed by atoms with E-state index >= 15 is 0 Å². The highest BCUT2D eigenvalue weighted by Gasteiger charge is 2.26. The Hall–Kier alpha value is -1.52. The molecule has 2 rings (SSSR count). The smallest absolute Gasteiger partial charge is 0.242 e. The Labute approximate surface area is 115 Å². The largest absolute Gasteiger partial charge is 0.476 e. The van der Waals surface area contributed by atoms with Crippen molar-refractivity contribution in [2.75, 3.05) is 17.7 Å². The summed E-state index contributed by atoms with van der Waals surface area (Å²) in [4.78, 5) is 8.30. The normalized spacial score (nSPS) is 27.0. The van der Waals surface area contributed by atoms with Gasteiger partial charge in [-0.05, 0) is 38.0 Å². The highest BCUT2D eigenvalue weighted by Crippen LogP contribution is 2.32. The molecule has 3 unspecified atom stereocenters. The van der Waals surface area contributed by atoms with Crippen LogP contribution >= 0.6 is 0 Å². The van der Waals surface area contributed by atoms with Gasteiger partial charge in [0.05, 0.1) is 6.61 Å². The minimum atomic E-state index is 0.433. The highest BCUT2D eigenvalue weighted by molar-refractivity contribution is 5.66.